The van der Waals surface area contributed by atoms with Gasteiger partial charge in [-0.1, -0.05) is 30.3 Å². The molecule has 2 aromatic heterocycles. The number of esters is 1. The zero-order chi connectivity index (χ0) is 30.6. The molecule has 0 unspecified atom stereocenters. The van der Waals surface area contributed by atoms with Crippen LogP contribution in [0.3, 0.4) is 0 Å². The number of fused-ring (bicyclic) bond motifs is 1. The molecule has 0 radical (unpaired) electrons. The van der Waals surface area contributed by atoms with E-state index in [1.54, 1.807) is 20.4 Å². The van der Waals surface area contributed by atoms with E-state index in [1.165, 1.54) is 11.8 Å². The van der Waals surface area contributed by atoms with Gasteiger partial charge in [-0.2, -0.15) is 0 Å². The Morgan fingerprint density at radius 1 is 1.16 bits per heavy atom. The summed E-state index contributed by atoms with van der Waals surface area (Å²) in [5, 5.41) is 13.8. The number of nitrogens with zero attached hydrogens (tertiary/aromatic N) is 4. The zero-order valence-electron chi connectivity index (χ0n) is 24.2. The molecule has 1 aliphatic rings. The van der Waals surface area contributed by atoms with Crippen molar-refractivity contribution in [2.75, 3.05) is 32.7 Å². The van der Waals surface area contributed by atoms with E-state index in [0.29, 0.717) is 47.7 Å². The highest BCUT2D eigenvalue weighted by Gasteiger charge is 2.46. The van der Waals surface area contributed by atoms with Gasteiger partial charge >= 0.3 is 12.1 Å². The van der Waals surface area contributed by atoms with Gasteiger partial charge in [0, 0.05) is 50.0 Å². The molecule has 1 saturated heterocycles. The average Bonchev–Trinajstić information content (AvgIpc) is 3.36. The number of aromatic nitrogens is 3. The molecule has 0 saturated carbocycles. The SMILES string of the molecule is COc1ccc(CNc2nccn3c([C@@H]4CC[C@](COC(C)=O)(Cc5ccccc5)N(C(=O)O)C4)nc(Br)c23)c(OC)c1. The summed E-state index contributed by atoms with van der Waals surface area (Å²) >= 11 is 3.62. The monoisotopic (exact) mass is 651 g/mol. The minimum absolute atomic E-state index is 0.0188. The Morgan fingerprint density at radius 2 is 1.95 bits per heavy atom. The lowest BCUT2D eigenvalue weighted by atomic mass is 9.78. The molecule has 2 N–H and O–H groups in total. The highest BCUT2D eigenvalue weighted by molar-refractivity contribution is 9.10. The molecule has 1 amide bonds. The number of anilines is 1. The lowest BCUT2D eigenvalue weighted by Gasteiger charge is -2.47. The number of carbonyl (C=O) groups is 2. The van der Waals surface area contributed by atoms with E-state index in [4.69, 9.17) is 19.2 Å². The smallest absolute Gasteiger partial charge is 0.407 e. The highest BCUT2D eigenvalue weighted by atomic mass is 79.9. The molecule has 1 fully saturated rings. The van der Waals surface area contributed by atoms with Crippen LogP contribution in [0.15, 0.2) is 65.5 Å². The second-order valence-electron chi connectivity index (χ2n) is 10.6. The zero-order valence-corrected chi connectivity index (χ0v) is 25.8. The largest absolute Gasteiger partial charge is 0.497 e. The molecular weight excluding hydrogens is 618 g/mol. The van der Waals surface area contributed by atoms with Crippen LogP contribution in [0.1, 0.15) is 42.6 Å². The summed E-state index contributed by atoms with van der Waals surface area (Å²) < 4.78 is 18.8. The van der Waals surface area contributed by atoms with Gasteiger partial charge in [-0.05, 0) is 52.9 Å². The molecular formula is C31H34BrN5O6. The number of amides is 1. The Hall–Kier alpha value is -4.32. The van der Waals surface area contributed by atoms with Crippen LogP contribution in [0.2, 0.25) is 0 Å². The number of hydrogen-bond acceptors (Lipinski definition) is 8. The van der Waals surface area contributed by atoms with Crippen LogP contribution in [0, 0.1) is 0 Å². The first-order valence-electron chi connectivity index (χ1n) is 13.9. The third-order valence-electron chi connectivity index (χ3n) is 7.93. The van der Waals surface area contributed by atoms with E-state index < -0.39 is 17.6 Å². The van der Waals surface area contributed by atoms with E-state index in [9.17, 15) is 14.7 Å². The number of benzene rings is 2. The van der Waals surface area contributed by atoms with Gasteiger partial charge in [-0.3, -0.25) is 14.1 Å². The number of imidazole rings is 1. The first kappa shape index (κ1) is 30.1. The first-order chi connectivity index (χ1) is 20.7. The molecule has 0 bridgehead atoms. The van der Waals surface area contributed by atoms with Crippen LogP contribution >= 0.6 is 15.9 Å². The fourth-order valence-corrected chi connectivity index (χ4v) is 6.35. The molecule has 43 heavy (non-hydrogen) atoms. The number of methoxy groups -OCH3 is 2. The van der Waals surface area contributed by atoms with Gasteiger partial charge in [0.05, 0.1) is 19.8 Å². The summed E-state index contributed by atoms with van der Waals surface area (Å²) in [5.41, 5.74) is 1.75. The minimum Gasteiger partial charge on any atom is -0.497 e. The predicted octanol–water partition coefficient (Wildman–Crippen LogP) is 5.52. The van der Waals surface area contributed by atoms with Crippen molar-refractivity contribution in [2.45, 2.75) is 44.2 Å². The van der Waals surface area contributed by atoms with Gasteiger partial charge in [0.1, 0.15) is 34.1 Å². The average molecular weight is 653 g/mol. The normalized spacial score (nSPS) is 18.3. The van der Waals surface area contributed by atoms with Crippen LogP contribution in [0.4, 0.5) is 10.6 Å². The Bertz CT molecular complexity index is 1610. The van der Waals surface area contributed by atoms with Crippen LogP contribution in [-0.4, -0.2) is 69.3 Å². The Morgan fingerprint density at radius 3 is 2.65 bits per heavy atom. The van der Waals surface area contributed by atoms with Crippen LogP contribution in [-0.2, 0) is 22.5 Å². The fraction of sp³-hybridized carbons (Fsp3) is 0.355. The van der Waals surface area contributed by atoms with Gasteiger partial charge < -0.3 is 24.6 Å². The molecule has 12 heteroatoms. The van der Waals surface area contributed by atoms with Crippen molar-refractivity contribution in [1.82, 2.24) is 19.3 Å². The number of carbonyl (C=O) groups excluding carboxylic acids is 1. The van der Waals surface area contributed by atoms with Crippen molar-refractivity contribution in [3.05, 3.63) is 82.5 Å². The Kier molecular flexibility index (Phi) is 9.05. The number of likely N-dealkylation sites (tertiary alicyclic amines) is 1. The van der Waals surface area contributed by atoms with Crippen molar-refractivity contribution >= 4 is 39.3 Å². The van der Waals surface area contributed by atoms with E-state index in [2.05, 4.69) is 26.2 Å². The Labute approximate surface area is 257 Å². The van der Waals surface area contributed by atoms with Crippen LogP contribution < -0.4 is 14.8 Å². The van der Waals surface area contributed by atoms with Crippen molar-refractivity contribution in [2.24, 2.45) is 0 Å². The number of hydrogen-bond donors (Lipinski definition) is 2. The maximum Gasteiger partial charge on any atom is 0.407 e. The molecule has 226 valence electrons. The van der Waals surface area contributed by atoms with Gasteiger partial charge in [-0.15, -0.1) is 0 Å². The number of nitrogens with one attached hydrogen (secondary N) is 1. The van der Waals surface area contributed by atoms with Crippen LogP contribution in [0.25, 0.3) is 5.52 Å². The number of halogens is 1. The van der Waals surface area contributed by atoms with Gasteiger partial charge in [-0.25, -0.2) is 14.8 Å². The minimum atomic E-state index is -1.06. The maximum absolute atomic E-state index is 12.7. The van der Waals surface area contributed by atoms with Crippen molar-refractivity contribution < 1.29 is 28.9 Å². The van der Waals surface area contributed by atoms with E-state index in [-0.39, 0.29) is 19.1 Å². The second kappa shape index (κ2) is 12.9. The molecule has 2 atom stereocenters. The van der Waals surface area contributed by atoms with Crippen molar-refractivity contribution in [3.8, 4) is 11.5 Å². The Balaban J connectivity index is 1.43. The highest BCUT2D eigenvalue weighted by Crippen LogP contribution is 2.40. The second-order valence-corrected chi connectivity index (χ2v) is 11.3. The standard InChI is InChI=1S/C31H34BrN5O6/c1-20(38)43-19-31(16-21-7-5-4-6-8-21)12-11-23(18-37(31)30(39)40)29-35-27(32)26-28(33-13-14-36(26)29)34-17-22-9-10-24(41-2)15-25(22)42-3/h4-10,13-15,23H,11-12,16-19H2,1-3H3,(H,33,34)(H,39,40)/t23-,31-/m1/s1. The van der Waals surface area contributed by atoms with Gasteiger partial charge in [0.25, 0.3) is 0 Å². The number of carboxylic acid groups (broad SMARTS) is 1. The van der Waals surface area contributed by atoms with Crippen LogP contribution in [0.5, 0.6) is 11.5 Å². The first-order valence-corrected chi connectivity index (χ1v) is 14.7. The molecule has 0 aliphatic carbocycles. The number of piperidine rings is 1. The molecule has 11 nitrogen and oxygen atoms in total. The summed E-state index contributed by atoms with van der Waals surface area (Å²) in [6.07, 6.45) is 4.03. The van der Waals surface area contributed by atoms with E-state index in [1.807, 2.05) is 59.1 Å². The topological polar surface area (TPSA) is 128 Å². The van der Waals surface area contributed by atoms with Crippen molar-refractivity contribution in [1.29, 1.82) is 0 Å². The van der Waals surface area contributed by atoms with Gasteiger partial charge in [0.15, 0.2) is 5.82 Å². The molecule has 3 heterocycles. The summed E-state index contributed by atoms with van der Waals surface area (Å²) in [6, 6.07) is 15.3. The van der Waals surface area contributed by atoms with E-state index >= 15 is 0 Å². The maximum atomic E-state index is 12.7. The molecule has 2 aromatic carbocycles. The lowest BCUT2D eigenvalue weighted by Crippen LogP contribution is -2.60. The fourth-order valence-electron chi connectivity index (χ4n) is 5.79. The third-order valence-corrected chi connectivity index (χ3v) is 8.48. The third kappa shape index (κ3) is 6.38. The number of rotatable bonds is 10. The van der Waals surface area contributed by atoms with E-state index in [0.717, 1.165) is 22.5 Å². The quantitative estimate of drug-likeness (QED) is 0.213. The molecule has 1 aliphatic heterocycles. The molecule has 4 aromatic rings. The summed E-state index contributed by atoms with van der Waals surface area (Å²) in [5.74, 6) is 2.09. The summed E-state index contributed by atoms with van der Waals surface area (Å²) in [4.78, 5) is 35.4. The summed E-state index contributed by atoms with van der Waals surface area (Å²) in [6.45, 7) is 1.96. The number of ether oxygens (including phenoxy) is 3. The molecule has 0 spiro atoms. The van der Waals surface area contributed by atoms with Gasteiger partial charge in [0.2, 0.25) is 0 Å². The summed E-state index contributed by atoms with van der Waals surface area (Å²) in [7, 11) is 3.22. The van der Waals surface area contributed by atoms with Crippen molar-refractivity contribution in [3.63, 3.8) is 0 Å². The predicted molar refractivity (Wildman–Crippen MR) is 164 cm³/mol. The lowest BCUT2D eigenvalue weighted by molar-refractivity contribution is -0.146. The molecule has 5 rings (SSSR count).